The first-order chi connectivity index (χ1) is 11.0. The Bertz CT molecular complexity index is 673. The molecule has 23 heavy (non-hydrogen) atoms. The highest BCUT2D eigenvalue weighted by atomic mass is 19.1. The molecular weight excluding hydrogens is 305 g/mol. The number of primary amides is 1. The van der Waals surface area contributed by atoms with E-state index in [0.29, 0.717) is 24.5 Å². The Morgan fingerprint density at radius 1 is 1.30 bits per heavy atom. The number of amides is 2. The van der Waals surface area contributed by atoms with Crippen LogP contribution in [0.4, 0.5) is 20.6 Å². The van der Waals surface area contributed by atoms with Gasteiger partial charge in [-0.15, -0.1) is 0 Å². The average molecular weight is 321 g/mol. The fourth-order valence-electron chi connectivity index (χ4n) is 3.19. The summed E-state index contributed by atoms with van der Waals surface area (Å²) >= 11 is 0. The molecule has 0 aliphatic carbocycles. The van der Waals surface area contributed by atoms with Crippen LogP contribution in [0.5, 0.6) is 0 Å². The van der Waals surface area contributed by atoms with E-state index in [-0.39, 0.29) is 25.2 Å². The van der Waals surface area contributed by atoms with E-state index in [1.807, 2.05) is 4.90 Å². The highest BCUT2D eigenvalue weighted by Gasteiger charge is 2.47. The predicted molar refractivity (Wildman–Crippen MR) is 78.7 cm³/mol. The Labute approximate surface area is 131 Å². The fourth-order valence-corrected chi connectivity index (χ4v) is 3.19. The smallest absolute Gasteiger partial charge is 0.414 e. The number of morpholine rings is 1. The Hall–Kier alpha value is -2.35. The van der Waals surface area contributed by atoms with Crippen LogP contribution in [0.3, 0.4) is 0 Å². The van der Waals surface area contributed by atoms with Gasteiger partial charge in [-0.1, -0.05) is 0 Å². The normalized spacial score (nSPS) is 28.7. The minimum atomic E-state index is -0.598. The molecule has 8 heteroatoms. The number of rotatable bonds is 4. The van der Waals surface area contributed by atoms with Crippen LogP contribution in [0, 0.1) is 5.82 Å². The van der Waals surface area contributed by atoms with Gasteiger partial charge in [0.25, 0.3) is 0 Å². The van der Waals surface area contributed by atoms with Gasteiger partial charge < -0.3 is 20.1 Å². The van der Waals surface area contributed by atoms with Gasteiger partial charge in [0.05, 0.1) is 24.3 Å². The predicted octanol–water partition coefficient (Wildman–Crippen LogP) is 0.614. The molecule has 0 saturated carbocycles. The number of hydrogen-bond donors (Lipinski definition) is 1. The topological polar surface area (TPSA) is 88.4 Å². The van der Waals surface area contributed by atoms with Crippen molar-refractivity contribution in [3.63, 3.8) is 0 Å². The van der Waals surface area contributed by atoms with Gasteiger partial charge in [0.2, 0.25) is 5.91 Å². The molecule has 2 amide bonds. The van der Waals surface area contributed by atoms with Crippen molar-refractivity contribution in [3.05, 3.63) is 24.0 Å². The van der Waals surface area contributed by atoms with E-state index in [4.69, 9.17) is 15.2 Å². The lowest BCUT2D eigenvalue weighted by Gasteiger charge is -2.21. The maximum Gasteiger partial charge on any atom is 0.414 e. The molecule has 3 atom stereocenters. The van der Waals surface area contributed by atoms with E-state index >= 15 is 0 Å². The van der Waals surface area contributed by atoms with Crippen molar-refractivity contribution in [2.45, 2.75) is 24.7 Å². The van der Waals surface area contributed by atoms with Crippen LogP contribution in [-0.2, 0) is 14.3 Å². The van der Waals surface area contributed by atoms with Crippen LogP contribution in [0.25, 0.3) is 0 Å². The average Bonchev–Trinajstić information content (AvgIpc) is 2.92. The SMILES string of the molecule is NC(=O)C[C@H]1CN(c2ccc(N3CC4OC4C3)c(F)c2)C(=O)O1. The summed E-state index contributed by atoms with van der Waals surface area (Å²) in [5, 5.41) is 0. The maximum atomic E-state index is 14.4. The molecule has 122 valence electrons. The second-order valence-electron chi connectivity index (χ2n) is 6.04. The minimum Gasteiger partial charge on any atom is -0.443 e. The molecule has 3 heterocycles. The summed E-state index contributed by atoms with van der Waals surface area (Å²) in [6.45, 7) is 1.56. The lowest BCUT2D eigenvalue weighted by atomic mass is 10.2. The molecule has 4 rings (SSSR count). The number of epoxide rings is 1. The fraction of sp³-hybridized carbons (Fsp3) is 0.467. The molecule has 3 fully saturated rings. The number of hydrogen-bond acceptors (Lipinski definition) is 5. The summed E-state index contributed by atoms with van der Waals surface area (Å²) < 4.78 is 24.8. The van der Waals surface area contributed by atoms with E-state index in [1.165, 1.54) is 11.0 Å². The maximum absolute atomic E-state index is 14.4. The summed E-state index contributed by atoms with van der Waals surface area (Å²) in [6.07, 6.45) is -0.793. The number of fused-ring (bicyclic) bond motifs is 1. The Morgan fingerprint density at radius 2 is 2.04 bits per heavy atom. The molecule has 1 aromatic rings. The monoisotopic (exact) mass is 321 g/mol. The van der Waals surface area contributed by atoms with Crippen LogP contribution < -0.4 is 15.5 Å². The molecule has 3 aliphatic heterocycles. The Morgan fingerprint density at radius 3 is 2.70 bits per heavy atom. The second kappa shape index (κ2) is 5.09. The van der Waals surface area contributed by atoms with Crippen molar-refractivity contribution >= 4 is 23.4 Å². The van der Waals surface area contributed by atoms with Gasteiger partial charge in [-0.25, -0.2) is 9.18 Å². The van der Waals surface area contributed by atoms with Crippen molar-refractivity contribution in [2.75, 3.05) is 29.4 Å². The van der Waals surface area contributed by atoms with Crippen molar-refractivity contribution in [2.24, 2.45) is 5.73 Å². The summed E-state index contributed by atoms with van der Waals surface area (Å²) in [7, 11) is 0. The van der Waals surface area contributed by atoms with Crippen molar-refractivity contribution in [3.8, 4) is 0 Å². The van der Waals surface area contributed by atoms with Gasteiger partial charge in [0.1, 0.15) is 24.1 Å². The quantitative estimate of drug-likeness (QED) is 0.821. The first kappa shape index (κ1) is 14.3. The van der Waals surface area contributed by atoms with Crippen LogP contribution in [0.15, 0.2) is 18.2 Å². The zero-order chi connectivity index (χ0) is 16.1. The molecular formula is C15H16FN3O4. The Kier molecular flexibility index (Phi) is 3.15. The van der Waals surface area contributed by atoms with Gasteiger partial charge in [-0.3, -0.25) is 9.69 Å². The van der Waals surface area contributed by atoms with Crippen molar-refractivity contribution in [1.29, 1.82) is 0 Å². The lowest BCUT2D eigenvalue weighted by molar-refractivity contribution is -0.119. The molecule has 7 nitrogen and oxygen atoms in total. The van der Waals surface area contributed by atoms with Crippen LogP contribution in [0.2, 0.25) is 0 Å². The molecule has 1 aromatic carbocycles. The number of halogens is 1. The third kappa shape index (κ3) is 2.59. The third-order valence-electron chi connectivity index (χ3n) is 4.37. The zero-order valence-electron chi connectivity index (χ0n) is 12.3. The minimum absolute atomic E-state index is 0.0423. The molecule has 0 spiro atoms. The highest BCUT2D eigenvalue weighted by Crippen LogP contribution is 2.36. The Balaban J connectivity index is 1.50. The van der Waals surface area contributed by atoms with Crippen molar-refractivity contribution < 1.29 is 23.5 Å². The van der Waals surface area contributed by atoms with Crippen molar-refractivity contribution in [1.82, 2.24) is 0 Å². The summed E-state index contributed by atoms with van der Waals surface area (Å²) in [5.41, 5.74) is 6.02. The summed E-state index contributed by atoms with van der Waals surface area (Å²) in [5.74, 6) is -0.934. The van der Waals surface area contributed by atoms with E-state index in [9.17, 15) is 14.0 Å². The van der Waals surface area contributed by atoms with E-state index in [2.05, 4.69) is 0 Å². The number of nitrogens with zero attached hydrogens (tertiary/aromatic N) is 2. The van der Waals surface area contributed by atoms with Gasteiger partial charge in [-0.2, -0.15) is 0 Å². The molecule has 2 N–H and O–H groups in total. The number of carbonyl (C=O) groups excluding carboxylic acids is 2. The summed E-state index contributed by atoms with van der Waals surface area (Å²) in [4.78, 5) is 26.0. The third-order valence-corrected chi connectivity index (χ3v) is 4.37. The van der Waals surface area contributed by atoms with Crippen LogP contribution in [-0.4, -0.2) is 49.9 Å². The number of ether oxygens (including phenoxy) is 2. The molecule has 0 radical (unpaired) electrons. The van der Waals surface area contributed by atoms with E-state index < -0.39 is 23.9 Å². The van der Waals surface area contributed by atoms with Gasteiger partial charge >= 0.3 is 6.09 Å². The van der Waals surface area contributed by atoms with Gasteiger partial charge in [0, 0.05) is 13.1 Å². The van der Waals surface area contributed by atoms with Gasteiger partial charge in [0.15, 0.2) is 0 Å². The van der Waals surface area contributed by atoms with E-state index in [0.717, 1.165) is 0 Å². The molecule has 0 bridgehead atoms. The highest BCUT2D eigenvalue weighted by molar-refractivity contribution is 5.90. The first-order valence-corrected chi connectivity index (χ1v) is 7.47. The molecule has 0 aromatic heterocycles. The molecule has 3 aliphatic rings. The molecule has 3 saturated heterocycles. The first-order valence-electron chi connectivity index (χ1n) is 7.47. The second-order valence-corrected chi connectivity index (χ2v) is 6.04. The van der Waals surface area contributed by atoms with Gasteiger partial charge in [-0.05, 0) is 18.2 Å². The van der Waals surface area contributed by atoms with E-state index in [1.54, 1.807) is 12.1 Å². The van der Waals surface area contributed by atoms with Crippen LogP contribution >= 0.6 is 0 Å². The number of carbonyl (C=O) groups is 2. The number of nitrogens with two attached hydrogens (primary N) is 1. The number of benzene rings is 1. The molecule has 2 unspecified atom stereocenters. The largest absolute Gasteiger partial charge is 0.443 e. The zero-order valence-corrected chi connectivity index (χ0v) is 12.3. The number of cyclic esters (lactones) is 1. The lowest BCUT2D eigenvalue weighted by Crippen LogP contribution is -2.27. The standard InChI is InChI=1S/C15H16FN3O4/c16-10-3-8(19-5-9(4-14(17)20)22-15(19)21)1-2-11(10)18-6-12-13(7-18)23-12/h1-3,9,12-13H,4-7H2,(H2,17,20)/t9-,12?,13?/m0/s1. The van der Waals surface area contributed by atoms with Crippen LogP contribution in [0.1, 0.15) is 6.42 Å². The number of anilines is 2. The summed E-state index contributed by atoms with van der Waals surface area (Å²) in [6, 6.07) is 4.65.